The molecule has 2 aromatic carbocycles. The average Bonchev–Trinajstić information content (AvgIpc) is 2.48. The van der Waals surface area contributed by atoms with Crippen LogP contribution in [0.5, 0.6) is 0 Å². The van der Waals surface area contributed by atoms with Gasteiger partial charge in [0, 0.05) is 35.4 Å². The van der Waals surface area contributed by atoms with Gasteiger partial charge in [-0.15, -0.1) is 0 Å². The van der Waals surface area contributed by atoms with Crippen LogP contribution in [0.15, 0.2) is 60.7 Å². The van der Waals surface area contributed by atoms with Crippen molar-refractivity contribution in [1.82, 2.24) is 5.32 Å². The molecule has 0 saturated carbocycles. The summed E-state index contributed by atoms with van der Waals surface area (Å²) in [4.78, 5) is 0. The Labute approximate surface area is 123 Å². The standard InChI is InChI=1S/C17H21NOS/c1-20(19)13-12-18-17(16-10-6-3-7-11-16)14-15-8-4-2-5-9-15/h2-11,17-18H,12-14H2,1H3. The summed E-state index contributed by atoms with van der Waals surface area (Å²) >= 11 is 0. The highest BCUT2D eigenvalue weighted by atomic mass is 32.2. The minimum atomic E-state index is -0.747. The third-order valence-corrected chi connectivity index (χ3v) is 4.04. The highest BCUT2D eigenvalue weighted by molar-refractivity contribution is 7.84. The van der Waals surface area contributed by atoms with Crippen molar-refractivity contribution in [3.63, 3.8) is 0 Å². The Morgan fingerprint density at radius 3 is 2.20 bits per heavy atom. The van der Waals surface area contributed by atoms with Crippen LogP contribution in [0.3, 0.4) is 0 Å². The number of benzene rings is 2. The van der Waals surface area contributed by atoms with Gasteiger partial charge in [-0.05, 0) is 17.5 Å². The second-order valence-electron chi connectivity index (χ2n) is 4.88. The largest absolute Gasteiger partial charge is 0.309 e. The van der Waals surface area contributed by atoms with Crippen molar-refractivity contribution in [2.75, 3.05) is 18.6 Å². The van der Waals surface area contributed by atoms with Gasteiger partial charge < -0.3 is 5.32 Å². The normalized spacial score (nSPS) is 13.8. The molecule has 0 aromatic heterocycles. The lowest BCUT2D eigenvalue weighted by atomic mass is 9.99. The molecule has 2 atom stereocenters. The van der Waals surface area contributed by atoms with Crippen LogP contribution >= 0.6 is 0 Å². The van der Waals surface area contributed by atoms with Crippen LogP contribution in [0.1, 0.15) is 17.2 Å². The Hall–Kier alpha value is -1.45. The third-order valence-electron chi connectivity index (χ3n) is 3.26. The van der Waals surface area contributed by atoms with Gasteiger partial charge in [0.25, 0.3) is 0 Å². The monoisotopic (exact) mass is 287 g/mol. The first-order chi connectivity index (χ1) is 9.75. The van der Waals surface area contributed by atoms with Gasteiger partial charge in [0.15, 0.2) is 0 Å². The molecule has 0 fully saturated rings. The van der Waals surface area contributed by atoms with Gasteiger partial charge in [-0.3, -0.25) is 4.21 Å². The maximum Gasteiger partial charge on any atom is 0.0361 e. The number of rotatable bonds is 7. The van der Waals surface area contributed by atoms with Crippen molar-refractivity contribution in [3.8, 4) is 0 Å². The minimum absolute atomic E-state index is 0.266. The van der Waals surface area contributed by atoms with Gasteiger partial charge in [0.1, 0.15) is 0 Å². The predicted molar refractivity (Wildman–Crippen MR) is 86.3 cm³/mol. The van der Waals surface area contributed by atoms with Crippen LogP contribution < -0.4 is 5.32 Å². The van der Waals surface area contributed by atoms with Crippen molar-refractivity contribution in [2.24, 2.45) is 0 Å². The molecule has 0 bridgehead atoms. The first kappa shape index (κ1) is 14.9. The summed E-state index contributed by atoms with van der Waals surface area (Å²) in [5.41, 5.74) is 2.59. The molecule has 0 amide bonds. The molecule has 0 spiro atoms. The smallest absolute Gasteiger partial charge is 0.0361 e. The summed E-state index contributed by atoms with van der Waals surface area (Å²) in [6.45, 7) is 0.773. The van der Waals surface area contributed by atoms with Crippen LogP contribution in [-0.4, -0.2) is 22.8 Å². The lowest BCUT2D eigenvalue weighted by molar-refractivity contribution is 0.550. The molecule has 106 valence electrons. The molecule has 0 aliphatic heterocycles. The van der Waals surface area contributed by atoms with E-state index in [1.54, 1.807) is 6.26 Å². The van der Waals surface area contributed by atoms with E-state index >= 15 is 0 Å². The molecule has 2 rings (SSSR count). The van der Waals surface area contributed by atoms with E-state index in [-0.39, 0.29) is 6.04 Å². The zero-order chi connectivity index (χ0) is 14.2. The second kappa shape index (κ2) is 7.98. The topological polar surface area (TPSA) is 29.1 Å². The fourth-order valence-corrected chi connectivity index (χ4v) is 2.63. The number of nitrogens with one attached hydrogen (secondary N) is 1. The summed E-state index contributed by atoms with van der Waals surface area (Å²) in [5, 5.41) is 3.52. The quantitative estimate of drug-likeness (QED) is 0.848. The SMILES string of the molecule is CS(=O)CCNC(Cc1ccccc1)c1ccccc1. The average molecular weight is 287 g/mol. The van der Waals surface area contributed by atoms with Gasteiger partial charge in [-0.1, -0.05) is 60.7 Å². The van der Waals surface area contributed by atoms with Crippen LogP contribution in [0.2, 0.25) is 0 Å². The van der Waals surface area contributed by atoms with E-state index in [9.17, 15) is 4.21 Å². The van der Waals surface area contributed by atoms with Crippen molar-refractivity contribution in [3.05, 3.63) is 71.8 Å². The molecular formula is C17H21NOS. The van der Waals surface area contributed by atoms with Crippen molar-refractivity contribution in [2.45, 2.75) is 12.5 Å². The summed E-state index contributed by atoms with van der Waals surface area (Å²) < 4.78 is 11.2. The highest BCUT2D eigenvalue weighted by Crippen LogP contribution is 2.18. The molecule has 3 heteroatoms. The fourth-order valence-electron chi connectivity index (χ4n) is 2.22. The van der Waals surface area contributed by atoms with Crippen LogP contribution in [-0.2, 0) is 17.2 Å². The lowest BCUT2D eigenvalue weighted by Crippen LogP contribution is -2.27. The maximum absolute atomic E-state index is 11.2. The molecule has 0 heterocycles. The van der Waals surface area contributed by atoms with E-state index < -0.39 is 10.8 Å². The van der Waals surface area contributed by atoms with Crippen LogP contribution in [0.4, 0.5) is 0 Å². The number of hydrogen-bond donors (Lipinski definition) is 1. The summed E-state index contributed by atoms with van der Waals surface area (Å²) in [5.74, 6) is 0.693. The van der Waals surface area contributed by atoms with Gasteiger partial charge in [0.2, 0.25) is 0 Å². The Morgan fingerprint density at radius 1 is 1.00 bits per heavy atom. The lowest BCUT2D eigenvalue weighted by Gasteiger charge is -2.19. The Kier molecular flexibility index (Phi) is 5.96. The molecule has 20 heavy (non-hydrogen) atoms. The van der Waals surface area contributed by atoms with E-state index in [4.69, 9.17) is 0 Å². The van der Waals surface area contributed by atoms with Crippen molar-refractivity contribution >= 4 is 10.8 Å². The maximum atomic E-state index is 11.2. The van der Waals surface area contributed by atoms with Crippen LogP contribution in [0, 0.1) is 0 Å². The van der Waals surface area contributed by atoms with E-state index in [2.05, 4.69) is 53.8 Å². The van der Waals surface area contributed by atoms with Crippen molar-refractivity contribution < 1.29 is 4.21 Å². The third kappa shape index (κ3) is 4.91. The van der Waals surface area contributed by atoms with Gasteiger partial charge >= 0.3 is 0 Å². The Morgan fingerprint density at radius 2 is 1.60 bits per heavy atom. The number of hydrogen-bond acceptors (Lipinski definition) is 2. The second-order valence-corrected chi connectivity index (χ2v) is 6.44. The van der Waals surface area contributed by atoms with E-state index in [1.165, 1.54) is 11.1 Å². The molecule has 2 unspecified atom stereocenters. The molecule has 2 nitrogen and oxygen atoms in total. The fraction of sp³-hybridized carbons (Fsp3) is 0.294. The van der Waals surface area contributed by atoms with Crippen LogP contribution in [0.25, 0.3) is 0 Å². The molecule has 0 aliphatic carbocycles. The van der Waals surface area contributed by atoms with Gasteiger partial charge in [0.05, 0.1) is 0 Å². The Bertz CT molecular complexity index is 527. The van der Waals surface area contributed by atoms with E-state index in [1.807, 2.05) is 12.1 Å². The van der Waals surface area contributed by atoms with E-state index in [0.717, 1.165) is 13.0 Å². The molecule has 2 aromatic rings. The molecular weight excluding hydrogens is 266 g/mol. The van der Waals surface area contributed by atoms with Gasteiger partial charge in [-0.25, -0.2) is 0 Å². The molecule has 0 saturated heterocycles. The first-order valence-corrected chi connectivity index (χ1v) is 8.60. The van der Waals surface area contributed by atoms with E-state index in [0.29, 0.717) is 5.75 Å². The van der Waals surface area contributed by atoms with Crippen molar-refractivity contribution in [1.29, 1.82) is 0 Å². The first-order valence-electron chi connectivity index (χ1n) is 6.88. The summed E-state index contributed by atoms with van der Waals surface area (Å²) in [6.07, 6.45) is 2.69. The zero-order valence-electron chi connectivity index (χ0n) is 11.8. The Balaban J connectivity index is 2.06. The zero-order valence-corrected chi connectivity index (χ0v) is 12.6. The minimum Gasteiger partial charge on any atom is -0.309 e. The molecule has 0 radical (unpaired) electrons. The molecule has 0 aliphatic rings. The van der Waals surface area contributed by atoms with Gasteiger partial charge in [-0.2, -0.15) is 0 Å². The predicted octanol–water partition coefficient (Wildman–Crippen LogP) is 2.94. The molecule has 1 N–H and O–H groups in total. The highest BCUT2D eigenvalue weighted by Gasteiger charge is 2.11. The summed E-state index contributed by atoms with van der Waals surface area (Å²) in [7, 11) is -0.747. The summed E-state index contributed by atoms with van der Waals surface area (Å²) in [6, 6.07) is 21.2.